The van der Waals surface area contributed by atoms with Crippen LogP contribution in [-0.2, 0) is 0 Å². The zero-order valence-electron chi connectivity index (χ0n) is 10.6. The van der Waals surface area contributed by atoms with E-state index in [0.717, 1.165) is 31.5 Å². The minimum atomic E-state index is -0.251. The minimum absolute atomic E-state index is 0.251. The molecule has 1 aliphatic heterocycles. The van der Waals surface area contributed by atoms with Crippen molar-refractivity contribution < 1.29 is 4.39 Å². The predicted octanol–water partition coefficient (Wildman–Crippen LogP) is 2.82. The van der Waals surface area contributed by atoms with Gasteiger partial charge in [-0.05, 0) is 58.3 Å². The summed E-state index contributed by atoms with van der Waals surface area (Å²) in [7, 11) is 2.13. The van der Waals surface area contributed by atoms with Crippen LogP contribution in [0.2, 0.25) is 0 Å². The van der Waals surface area contributed by atoms with Crippen LogP contribution in [0.3, 0.4) is 0 Å². The van der Waals surface area contributed by atoms with E-state index in [2.05, 4.69) is 11.9 Å². The fourth-order valence-electron chi connectivity index (χ4n) is 2.04. The third kappa shape index (κ3) is 3.63. The lowest BCUT2D eigenvalue weighted by molar-refractivity contribution is 0.238. The zero-order chi connectivity index (χ0) is 12.1. The van der Waals surface area contributed by atoms with Gasteiger partial charge in [0, 0.05) is 5.70 Å². The van der Waals surface area contributed by atoms with Crippen LogP contribution in [0, 0.1) is 5.92 Å². The Hall–Kier alpha value is -0.830. The topological polar surface area (TPSA) is 29.3 Å². The number of piperidine rings is 1. The monoisotopic (exact) mass is 226 g/mol. The van der Waals surface area contributed by atoms with Crippen molar-refractivity contribution in [3.63, 3.8) is 0 Å². The van der Waals surface area contributed by atoms with Crippen molar-refractivity contribution in [3.05, 3.63) is 23.2 Å². The number of nitrogens with zero attached hydrogens (tertiary/aromatic N) is 1. The van der Waals surface area contributed by atoms with Crippen LogP contribution >= 0.6 is 0 Å². The maximum absolute atomic E-state index is 13.5. The largest absolute Gasteiger partial charge is 0.400 e. The Morgan fingerprint density at radius 1 is 1.44 bits per heavy atom. The first kappa shape index (κ1) is 13.2. The molecule has 0 saturated carbocycles. The van der Waals surface area contributed by atoms with Crippen molar-refractivity contribution in [2.45, 2.75) is 33.1 Å². The van der Waals surface area contributed by atoms with Crippen LogP contribution in [0.5, 0.6) is 0 Å². The highest BCUT2D eigenvalue weighted by Crippen LogP contribution is 2.25. The molecule has 0 atom stereocenters. The Bertz CT molecular complexity index is 286. The van der Waals surface area contributed by atoms with E-state index in [1.807, 2.05) is 13.8 Å². The quantitative estimate of drug-likeness (QED) is 0.750. The number of halogens is 1. The fourth-order valence-corrected chi connectivity index (χ4v) is 2.04. The molecule has 92 valence electrons. The molecule has 1 fully saturated rings. The molecule has 1 aliphatic rings. The van der Waals surface area contributed by atoms with Crippen LogP contribution < -0.4 is 5.73 Å². The molecule has 2 nitrogen and oxygen atoms in total. The first-order chi connectivity index (χ1) is 7.54. The molecule has 3 heteroatoms. The van der Waals surface area contributed by atoms with Crippen molar-refractivity contribution in [2.24, 2.45) is 11.7 Å². The van der Waals surface area contributed by atoms with E-state index in [1.54, 1.807) is 6.08 Å². The van der Waals surface area contributed by atoms with Crippen molar-refractivity contribution >= 4 is 0 Å². The molecule has 1 heterocycles. The number of hydrogen-bond acceptors (Lipinski definition) is 2. The SMILES string of the molecule is CC/C(N)=C(F)\C=C(/C)C1CCN(C)CC1. The zero-order valence-corrected chi connectivity index (χ0v) is 10.6. The number of allylic oxidation sites excluding steroid dienone is 4. The van der Waals surface area contributed by atoms with Crippen molar-refractivity contribution in [2.75, 3.05) is 20.1 Å². The van der Waals surface area contributed by atoms with Gasteiger partial charge in [0.2, 0.25) is 0 Å². The van der Waals surface area contributed by atoms with Gasteiger partial charge in [-0.2, -0.15) is 0 Å². The lowest BCUT2D eigenvalue weighted by atomic mass is 9.90. The summed E-state index contributed by atoms with van der Waals surface area (Å²) in [5, 5.41) is 0. The van der Waals surface area contributed by atoms with E-state index < -0.39 is 0 Å². The maximum Gasteiger partial charge on any atom is 0.141 e. The molecule has 0 bridgehead atoms. The summed E-state index contributed by atoms with van der Waals surface area (Å²) in [4.78, 5) is 2.32. The molecule has 0 radical (unpaired) electrons. The summed E-state index contributed by atoms with van der Waals surface area (Å²) in [6, 6.07) is 0. The Kier molecular flexibility index (Phi) is 5.00. The summed E-state index contributed by atoms with van der Waals surface area (Å²) in [5.41, 5.74) is 7.05. The first-order valence-electron chi connectivity index (χ1n) is 6.05. The summed E-state index contributed by atoms with van der Waals surface area (Å²) in [6.45, 7) is 6.08. The van der Waals surface area contributed by atoms with Crippen LogP contribution in [0.25, 0.3) is 0 Å². The second-order valence-corrected chi connectivity index (χ2v) is 4.69. The molecule has 0 aromatic heterocycles. The molecular weight excluding hydrogens is 203 g/mol. The molecule has 0 spiro atoms. The van der Waals surface area contributed by atoms with Gasteiger partial charge < -0.3 is 10.6 Å². The summed E-state index contributed by atoms with van der Waals surface area (Å²) >= 11 is 0. The van der Waals surface area contributed by atoms with Crippen LogP contribution in [0.15, 0.2) is 23.2 Å². The average molecular weight is 226 g/mol. The highest BCUT2D eigenvalue weighted by molar-refractivity contribution is 5.22. The van der Waals surface area contributed by atoms with Gasteiger partial charge in [-0.1, -0.05) is 12.5 Å². The second-order valence-electron chi connectivity index (χ2n) is 4.69. The number of rotatable bonds is 3. The van der Waals surface area contributed by atoms with Crippen LogP contribution in [0.4, 0.5) is 4.39 Å². The van der Waals surface area contributed by atoms with Gasteiger partial charge in [-0.25, -0.2) is 4.39 Å². The third-order valence-electron chi connectivity index (χ3n) is 3.40. The van der Waals surface area contributed by atoms with E-state index in [0.29, 0.717) is 18.0 Å². The van der Waals surface area contributed by atoms with Crippen LogP contribution in [0.1, 0.15) is 33.1 Å². The van der Waals surface area contributed by atoms with Crippen LogP contribution in [-0.4, -0.2) is 25.0 Å². The standard InChI is InChI=1S/C13H23FN2/c1-4-13(15)12(14)9-10(2)11-5-7-16(3)8-6-11/h9,11H,4-8,15H2,1-3H3/b10-9+,13-12-. The van der Waals surface area contributed by atoms with Gasteiger partial charge in [0.05, 0.1) is 0 Å². The van der Waals surface area contributed by atoms with E-state index in [1.165, 1.54) is 0 Å². The van der Waals surface area contributed by atoms with Gasteiger partial charge in [0.15, 0.2) is 0 Å². The lowest BCUT2D eigenvalue weighted by Gasteiger charge is -2.29. The van der Waals surface area contributed by atoms with E-state index in [9.17, 15) is 4.39 Å². The summed E-state index contributed by atoms with van der Waals surface area (Å²) in [5.74, 6) is 0.269. The second kappa shape index (κ2) is 6.04. The fraction of sp³-hybridized carbons (Fsp3) is 0.692. The minimum Gasteiger partial charge on any atom is -0.400 e. The summed E-state index contributed by atoms with van der Waals surface area (Å²) in [6.07, 6.45) is 4.44. The Labute approximate surface area is 98.0 Å². The molecule has 0 aliphatic carbocycles. The first-order valence-corrected chi connectivity index (χ1v) is 6.05. The van der Waals surface area contributed by atoms with E-state index in [4.69, 9.17) is 5.73 Å². The lowest BCUT2D eigenvalue weighted by Crippen LogP contribution is -2.30. The van der Waals surface area contributed by atoms with Crippen molar-refractivity contribution in [1.82, 2.24) is 4.90 Å². The number of likely N-dealkylation sites (tertiary alicyclic amines) is 1. The molecule has 0 amide bonds. The molecule has 1 rings (SSSR count). The highest BCUT2D eigenvalue weighted by atomic mass is 19.1. The van der Waals surface area contributed by atoms with Crippen molar-refractivity contribution in [1.29, 1.82) is 0 Å². The molecule has 0 aromatic carbocycles. The van der Waals surface area contributed by atoms with Crippen molar-refractivity contribution in [3.8, 4) is 0 Å². The van der Waals surface area contributed by atoms with Gasteiger partial charge >= 0.3 is 0 Å². The normalized spacial score (nSPS) is 22.1. The number of hydrogen-bond donors (Lipinski definition) is 1. The molecule has 0 unspecified atom stereocenters. The molecular formula is C13H23FN2. The highest BCUT2D eigenvalue weighted by Gasteiger charge is 2.18. The van der Waals surface area contributed by atoms with E-state index >= 15 is 0 Å². The molecule has 0 aromatic rings. The molecule has 2 N–H and O–H groups in total. The summed E-state index contributed by atoms with van der Waals surface area (Å²) < 4.78 is 13.5. The average Bonchev–Trinajstić information content (AvgIpc) is 2.28. The Balaban J connectivity index is 2.63. The van der Waals surface area contributed by atoms with Gasteiger partial charge in [-0.3, -0.25) is 0 Å². The predicted molar refractivity (Wildman–Crippen MR) is 66.6 cm³/mol. The molecule has 16 heavy (non-hydrogen) atoms. The molecule has 1 saturated heterocycles. The van der Waals surface area contributed by atoms with Gasteiger partial charge in [0.25, 0.3) is 0 Å². The maximum atomic E-state index is 13.5. The Morgan fingerprint density at radius 2 is 2.00 bits per heavy atom. The number of nitrogens with two attached hydrogens (primary N) is 1. The Morgan fingerprint density at radius 3 is 2.50 bits per heavy atom. The van der Waals surface area contributed by atoms with Gasteiger partial charge in [-0.15, -0.1) is 0 Å². The third-order valence-corrected chi connectivity index (χ3v) is 3.40. The smallest absolute Gasteiger partial charge is 0.141 e. The van der Waals surface area contributed by atoms with Gasteiger partial charge in [0.1, 0.15) is 5.83 Å². The van der Waals surface area contributed by atoms with E-state index in [-0.39, 0.29) is 5.83 Å².